The molecule has 5 nitrogen and oxygen atoms in total. The van der Waals surface area contributed by atoms with Crippen LogP contribution in [-0.4, -0.2) is 36.5 Å². The third-order valence-electron chi connectivity index (χ3n) is 3.41. The zero-order valence-corrected chi connectivity index (χ0v) is 12.3. The maximum absolute atomic E-state index is 11.8. The Balaban J connectivity index is 1.86. The Kier molecular flexibility index (Phi) is 4.92. The average molecular weight is 293 g/mol. The molecule has 3 amide bonds. The van der Waals surface area contributed by atoms with Crippen LogP contribution in [0.1, 0.15) is 23.4 Å². The van der Waals surface area contributed by atoms with Crippen molar-refractivity contribution in [1.82, 2.24) is 15.5 Å². The number of rotatable bonds is 4. The van der Waals surface area contributed by atoms with E-state index in [1.807, 2.05) is 0 Å². The molecule has 0 aliphatic carbocycles. The predicted molar refractivity (Wildman–Crippen MR) is 79.7 cm³/mol. The van der Waals surface area contributed by atoms with Crippen LogP contribution in [0.15, 0.2) is 24.1 Å². The highest BCUT2D eigenvalue weighted by Crippen LogP contribution is 2.32. The monoisotopic (exact) mass is 293 g/mol. The van der Waals surface area contributed by atoms with Crippen LogP contribution in [0.5, 0.6) is 0 Å². The molecular weight excluding hydrogens is 274 g/mol. The Morgan fingerprint density at radius 3 is 3.15 bits per heavy atom. The molecule has 0 saturated heterocycles. The van der Waals surface area contributed by atoms with Crippen molar-refractivity contribution in [2.45, 2.75) is 19.4 Å². The van der Waals surface area contributed by atoms with Gasteiger partial charge in [0.15, 0.2) is 0 Å². The summed E-state index contributed by atoms with van der Waals surface area (Å²) in [6, 6.07) is 1.86. The van der Waals surface area contributed by atoms with Gasteiger partial charge in [-0.3, -0.25) is 15.0 Å². The van der Waals surface area contributed by atoms with Crippen LogP contribution in [0.25, 0.3) is 0 Å². The van der Waals surface area contributed by atoms with E-state index in [1.165, 1.54) is 10.4 Å². The Bertz CT molecular complexity index is 512. The minimum Gasteiger partial charge on any atom is -0.334 e. The minimum atomic E-state index is -0.476. The summed E-state index contributed by atoms with van der Waals surface area (Å²) in [5.41, 5.74) is 1.30. The van der Waals surface area contributed by atoms with Gasteiger partial charge in [-0.15, -0.1) is 17.9 Å². The molecule has 1 atom stereocenters. The van der Waals surface area contributed by atoms with Crippen molar-refractivity contribution < 1.29 is 9.59 Å². The van der Waals surface area contributed by atoms with E-state index in [4.69, 9.17) is 0 Å². The summed E-state index contributed by atoms with van der Waals surface area (Å²) >= 11 is 1.77. The van der Waals surface area contributed by atoms with E-state index in [9.17, 15) is 9.59 Å². The molecule has 108 valence electrons. The van der Waals surface area contributed by atoms with E-state index in [-0.39, 0.29) is 18.5 Å². The summed E-state index contributed by atoms with van der Waals surface area (Å²) in [7, 11) is 0. The molecule has 2 N–H and O–H groups in total. The molecule has 1 aromatic heterocycles. The SMILES string of the molecule is C=CCNC(=O)NC(=O)CN1CCc2sccc2C1C. The van der Waals surface area contributed by atoms with Crippen molar-refractivity contribution in [3.05, 3.63) is 34.5 Å². The minimum absolute atomic E-state index is 0.215. The number of nitrogens with one attached hydrogen (secondary N) is 2. The standard InChI is InChI=1S/C14H19N3O2S/c1-3-6-15-14(19)16-13(18)9-17-7-4-12-11(10(17)2)5-8-20-12/h3,5,8,10H,1,4,6-7,9H2,2H3,(H2,15,16,18,19). The van der Waals surface area contributed by atoms with Crippen molar-refractivity contribution in [1.29, 1.82) is 0 Å². The fourth-order valence-corrected chi connectivity index (χ4v) is 3.30. The molecule has 2 rings (SSSR count). The normalized spacial score (nSPS) is 18.1. The lowest BCUT2D eigenvalue weighted by atomic mass is 10.0. The van der Waals surface area contributed by atoms with E-state index in [0.29, 0.717) is 6.54 Å². The fraction of sp³-hybridized carbons (Fsp3) is 0.429. The molecule has 0 radical (unpaired) electrons. The van der Waals surface area contributed by atoms with Gasteiger partial charge < -0.3 is 5.32 Å². The summed E-state index contributed by atoms with van der Waals surface area (Å²) in [6.07, 6.45) is 2.53. The molecule has 0 aromatic carbocycles. The van der Waals surface area contributed by atoms with Gasteiger partial charge in [-0.1, -0.05) is 6.08 Å². The third kappa shape index (κ3) is 3.46. The lowest BCUT2D eigenvalue weighted by Gasteiger charge is -2.32. The van der Waals surface area contributed by atoms with E-state index in [1.54, 1.807) is 17.4 Å². The molecule has 1 aromatic rings. The van der Waals surface area contributed by atoms with E-state index < -0.39 is 6.03 Å². The van der Waals surface area contributed by atoms with Gasteiger partial charge in [0.05, 0.1) is 6.54 Å². The fourth-order valence-electron chi connectivity index (χ4n) is 2.34. The topological polar surface area (TPSA) is 61.4 Å². The Labute approximate surface area is 122 Å². The summed E-state index contributed by atoms with van der Waals surface area (Å²) < 4.78 is 0. The van der Waals surface area contributed by atoms with Crippen molar-refractivity contribution in [2.75, 3.05) is 19.6 Å². The smallest absolute Gasteiger partial charge is 0.321 e. The predicted octanol–water partition coefficient (Wildman–Crippen LogP) is 1.68. The van der Waals surface area contributed by atoms with Gasteiger partial charge in [0.2, 0.25) is 5.91 Å². The van der Waals surface area contributed by atoms with Crippen LogP contribution >= 0.6 is 11.3 Å². The number of fused-ring (bicyclic) bond motifs is 1. The highest BCUT2D eigenvalue weighted by Gasteiger charge is 2.26. The quantitative estimate of drug-likeness (QED) is 0.830. The van der Waals surface area contributed by atoms with Crippen LogP contribution in [0.2, 0.25) is 0 Å². The number of hydrogen-bond acceptors (Lipinski definition) is 4. The number of urea groups is 1. The number of amides is 3. The molecule has 1 aliphatic rings. The first kappa shape index (κ1) is 14.7. The molecular formula is C14H19N3O2S. The number of hydrogen-bond donors (Lipinski definition) is 2. The molecule has 0 fully saturated rings. The third-order valence-corrected chi connectivity index (χ3v) is 4.41. The van der Waals surface area contributed by atoms with Crippen LogP contribution in [0.4, 0.5) is 4.79 Å². The maximum Gasteiger partial charge on any atom is 0.321 e. The Hall–Kier alpha value is -1.66. The van der Waals surface area contributed by atoms with E-state index in [0.717, 1.165) is 13.0 Å². The zero-order chi connectivity index (χ0) is 14.5. The molecule has 2 heterocycles. The van der Waals surface area contributed by atoms with Crippen molar-refractivity contribution >= 4 is 23.3 Å². The van der Waals surface area contributed by atoms with Gasteiger partial charge in [-0.05, 0) is 30.4 Å². The number of carbonyl (C=O) groups is 2. The van der Waals surface area contributed by atoms with Crippen LogP contribution in [0.3, 0.4) is 0 Å². The van der Waals surface area contributed by atoms with Gasteiger partial charge >= 0.3 is 6.03 Å². The molecule has 20 heavy (non-hydrogen) atoms. The second-order valence-corrected chi connectivity index (χ2v) is 5.74. The van der Waals surface area contributed by atoms with Crippen LogP contribution in [0, 0.1) is 0 Å². The van der Waals surface area contributed by atoms with Crippen LogP contribution in [-0.2, 0) is 11.2 Å². The number of thiophene rings is 1. The largest absolute Gasteiger partial charge is 0.334 e. The zero-order valence-electron chi connectivity index (χ0n) is 11.5. The first-order valence-electron chi connectivity index (χ1n) is 6.60. The Morgan fingerprint density at radius 2 is 2.40 bits per heavy atom. The number of nitrogens with zero attached hydrogens (tertiary/aromatic N) is 1. The van der Waals surface area contributed by atoms with Gasteiger partial charge in [-0.25, -0.2) is 4.79 Å². The van der Waals surface area contributed by atoms with Crippen molar-refractivity contribution in [2.24, 2.45) is 0 Å². The maximum atomic E-state index is 11.8. The van der Waals surface area contributed by atoms with Crippen LogP contribution < -0.4 is 10.6 Å². The van der Waals surface area contributed by atoms with Crippen molar-refractivity contribution in [3.8, 4) is 0 Å². The second kappa shape index (κ2) is 6.67. The first-order chi connectivity index (χ1) is 9.61. The lowest BCUT2D eigenvalue weighted by Crippen LogP contribution is -2.46. The first-order valence-corrected chi connectivity index (χ1v) is 7.48. The van der Waals surface area contributed by atoms with Crippen molar-refractivity contribution in [3.63, 3.8) is 0 Å². The highest BCUT2D eigenvalue weighted by molar-refractivity contribution is 7.10. The lowest BCUT2D eigenvalue weighted by molar-refractivity contribution is -0.121. The summed E-state index contributed by atoms with van der Waals surface area (Å²) in [5, 5.41) is 6.93. The molecule has 0 bridgehead atoms. The second-order valence-electron chi connectivity index (χ2n) is 4.74. The number of carbonyl (C=O) groups excluding carboxylic acids is 2. The van der Waals surface area contributed by atoms with E-state index in [2.05, 4.69) is 40.5 Å². The summed E-state index contributed by atoms with van der Waals surface area (Å²) in [6.45, 7) is 7.01. The average Bonchev–Trinajstić information content (AvgIpc) is 2.88. The molecule has 6 heteroatoms. The van der Waals surface area contributed by atoms with Gasteiger partial charge in [0.25, 0.3) is 0 Å². The Morgan fingerprint density at radius 1 is 1.60 bits per heavy atom. The molecule has 0 saturated carbocycles. The summed E-state index contributed by atoms with van der Waals surface area (Å²) in [5.74, 6) is -0.280. The van der Waals surface area contributed by atoms with Gasteiger partial charge in [0.1, 0.15) is 0 Å². The molecule has 1 aliphatic heterocycles. The van der Waals surface area contributed by atoms with E-state index >= 15 is 0 Å². The van der Waals surface area contributed by atoms with Gasteiger partial charge in [-0.2, -0.15) is 0 Å². The molecule has 0 spiro atoms. The number of imide groups is 1. The highest BCUT2D eigenvalue weighted by atomic mass is 32.1. The summed E-state index contributed by atoms with van der Waals surface area (Å²) in [4.78, 5) is 26.7. The van der Waals surface area contributed by atoms with Gasteiger partial charge in [0, 0.05) is 24.0 Å². The molecule has 1 unspecified atom stereocenters.